The fourth-order valence-electron chi connectivity index (χ4n) is 2.70. The Morgan fingerprint density at radius 3 is 0.471 bits per heavy atom. The van der Waals surface area contributed by atoms with Gasteiger partial charge in [-0.15, -0.1) is 0 Å². The highest BCUT2D eigenvalue weighted by molar-refractivity contribution is 9.17. The van der Waals surface area contributed by atoms with Crippen LogP contribution in [0.4, 0.5) is 17.1 Å². The molecule has 0 aliphatic heterocycles. The van der Waals surface area contributed by atoms with E-state index in [0.717, 1.165) is 84.2 Å². The molecule has 0 fully saturated rings. The van der Waals surface area contributed by atoms with E-state index in [2.05, 4.69) is 244 Å². The molecule has 0 aromatic heterocycles. The molecule has 0 atom stereocenters. The van der Waals surface area contributed by atoms with Crippen molar-refractivity contribution in [3.8, 4) is 0 Å². The largest absolute Gasteiger partial charge is 0.303 e. The highest BCUT2D eigenvalue weighted by Crippen LogP contribution is 2.61. The van der Waals surface area contributed by atoms with Gasteiger partial charge in [0.25, 0.3) is 0 Å². The summed E-state index contributed by atoms with van der Waals surface area (Å²) in [6.07, 6.45) is 0. The smallest absolute Gasteiger partial charge is 0.0771 e. The van der Waals surface area contributed by atoms with Gasteiger partial charge in [0.2, 0.25) is 0 Å². The molecule has 0 radical (unpaired) electrons. The lowest BCUT2D eigenvalue weighted by molar-refractivity contribution is 1.19. The van der Waals surface area contributed by atoms with Crippen molar-refractivity contribution in [1.29, 1.82) is 0 Å². The Morgan fingerprint density at radius 1 is 0.206 bits per heavy atom. The predicted octanol–water partition coefficient (Wildman–Crippen LogP) is 16.6. The Kier molecular flexibility index (Phi) is 13.0. The van der Waals surface area contributed by atoms with Crippen LogP contribution in [0.3, 0.4) is 0 Å². The molecule has 3 aromatic carbocycles. The molecule has 182 valence electrons. The first-order valence-electron chi connectivity index (χ1n) is 8.01. The van der Waals surface area contributed by atoms with E-state index in [-0.39, 0.29) is 0 Å². The average molecular weight is 1430 g/mol. The third-order valence-corrected chi connectivity index (χ3v) is 22.4. The van der Waals surface area contributed by atoms with Crippen LogP contribution in [0, 0.1) is 0 Å². The van der Waals surface area contributed by atoms with E-state index in [1.54, 1.807) is 0 Å². The van der Waals surface area contributed by atoms with Crippen LogP contribution in [0.1, 0.15) is 0 Å². The van der Waals surface area contributed by atoms with Gasteiger partial charge in [0.05, 0.1) is 43.9 Å². The fraction of sp³-hybridized carbons (Fsp3) is 0. The summed E-state index contributed by atoms with van der Waals surface area (Å²) < 4.78 is 12.5. The third kappa shape index (κ3) is 5.93. The van der Waals surface area contributed by atoms with Gasteiger partial charge in [0, 0.05) is 40.3 Å². The molecule has 0 aliphatic carbocycles. The molecular weight excluding hydrogens is 1430 g/mol. The van der Waals surface area contributed by atoms with Crippen molar-refractivity contribution in [2.45, 2.75) is 0 Å². The zero-order valence-electron chi connectivity index (χ0n) is 15.1. The summed E-state index contributed by atoms with van der Waals surface area (Å²) >= 11 is 56.1. The Balaban J connectivity index is 2.68. The molecule has 34 heavy (non-hydrogen) atoms. The quantitative estimate of drug-likeness (QED) is 0.187. The number of hydrogen-bond acceptors (Lipinski definition) is 1. The maximum Gasteiger partial charge on any atom is 0.0771 e. The van der Waals surface area contributed by atoms with Crippen molar-refractivity contribution in [1.82, 2.24) is 0 Å². The first kappa shape index (κ1) is 33.2. The molecule has 1 nitrogen and oxygen atoms in total. The van der Waals surface area contributed by atoms with Crippen LogP contribution in [-0.4, -0.2) is 0 Å². The van der Waals surface area contributed by atoms with Crippen molar-refractivity contribution in [3.05, 3.63) is 67.1 Å². The van der Waals surface area contributed by atoms with Crippen LogP contribution in [0.2, 0.25) is 0 Å². The van der Waals surface area contributed by atoms with Gasteiger partial charge in [0.15, 0.2) is 0 Å². The van der Waals surface area contributed by atoms with Crippen molar-refractivity contribution >= 4 is 256 Å². The highest BCUT2D eigenvalue weighted by Gasteiger charge is 2.33. The van der Waals surface area contributed by atoms with Gasteiger partial charge in [-0.3, -0.25) is 0 Å². The monoisotopic (exact) mass is 1410 g/mol. The minimum absolute atomic E-state index is 0.817. The van der Waals surface area contributed by atoms with Gasteiger partial charge in [0.1, 0.15) is 0 Å². The third-order valence-electron chi connectivity index (χ3n) is 4.23. The summed E-state index contributed by atoms with van der Waals surface area (Å²) in [7, 11) is 0. The first-order valence-corrected chi connectivity index (χ1v) is 19.9. The van der Waals surface area contributed by atoms with E-state index >= 15 is 0 Å². The average Bonchev–Trinajstić information content (AvgIpc) is 2.81. The summed E-state index contributed by atoms with van der Waals surface area (Å²) in [6.45, 7) is 0. The molecule has 0 spiro atoms. The molecule has 0 unspecified atom stereocenters. The lowest BCUT2D eigenvalue weighted by atomic mass is 10.2. The normalized spacial score (nSPS) is 11.4. The number of rotatable bonds is 3. The SMILES string of the molecule is Brc1c(Br)c(Br)c(N(c2c(Br)c(Br)c(Br)c(Br)c2Br)c2c(Br)c(Br)c(Br)c(Br)c2Br)c(Br)c1Br. The second-order valence-corrected chi connectivity index (χ2v) is 18.0. The van der Waals surface area contributed by atoms with Crippen LogP contribution in [0.5, 0.6) is 0 Å². The van der Waals surface area contributed by atoms with Crippen LogP contribution in [0.25, 0.3) is 0 Å². The summed E-state index contributed by atoms with van der Waals surface area (Å²) in [6, 6.07) is 0. The lowest BCUT2D eigenvalue weighted by Gasteiger charge is -2.33. The van der Waals surface area contributed by atoms with Crippen LogP contribution in [0.15, 0.2) is 67.1 Å². The number of hydrogen-bond donors (Lipinski definition) is 0. The molecule has 3 aromatic rings. The second kappa shape index (κ2) is 13.3. The molecule has 16 heteroatoms. The summed E-state index contributed by atoms with van der Waals surface area (Å²) in [4.78, 5) is 2.11. The van der Waals surface area contributed by atoms with Gasteiger partial charge in [-0.1, -0.05) is 0 Å². The maximum absolute atomic E-state index is 3.82. The standard InChI is InChI=1S/C18Br15N/c19-1-4(22)10(28)16(11(29)5(1)23)34(17-12(30)6(24)2(20)7(25)13(17)31)18-14(32)8(26)3(21)9(27)15(18)33. The van der Waals surface area contributed by atoms with Crippen LogP contribution >= 0.6 is 239 Å². The number of halogens is 15. The molecule has 0 aliphatic rings. The van der Waals surface area contributed by atoms with Crippen LogP contribution < -0.4 is 4.90 Å². The molecular formula is C18Br15N. The molecule has 0 heterocycles. The van der Waals surface area contributed by atoms with E-state index in [1.165, 1.54) is 0 Å². The Morgan fingerprint density at radius 2 is 0.324 bits per heavy atom. The van der Waals surface area contributed by atoms with Gasteiger partial charge >= 0.3 is 0 Å². The fourth-order valence-corrected chi connectivity index (χ4v) is 12.8. The van der Waals surface area contributed by atoms with E-state index in [0.29, 0.717) is 0 Å². The van der Waals surface area contributed by atoms with Gasteiger partial charge < -0.3 is 4.90 Å². The second-order valence-electron chi connectivity index (χ2n) is 6.09. The predicted molar refractivity (Wildman–Crippen MR) is 197 cm³/mol. The number of anilines is 3. The van der Waals surface area contributed by atoms with Crippen molar-refractivity contribution in [3.63, 3.8) is 0 Å². The van der Waals surface area contributed by atoms with Crippen molar-refractivity contribution in [2.75, 3.05) is 4.90 Å². The Labute approximate surface area is 321 Å². The van der Waals surface area contributed by atoms with Crippen molar-refractivity contribution in [2.24, 2.45) is 0 Å². The minimum atomic E-state index is 0.817. The van der Waals surface area contributed by atoms with E-state index in [9.17, 15) is 0 Å². The number of nitrogens with zero attached hydrogens (tertiary/aromatic N) is 1. The molecule has 0 saturated heterocycles. The van der Waals surface area contributed by atoms with E-state index < -0.39 is 0 Å². The Hall–Kier alpha value is 4.66. The summed E-state index contributed by atoms with van der Waals surface area (Å²) in [5.41, 5.74) is 2.48. The summed E-state index contributed by atoms with van der Waals surface area (Å²) in [5, 5.41) is 0. The maximum atomic E-state index is 3.82. The zero-order chi connectivity index (χ0) is 26.0. The topological polar surface area (TPSA) is 3.24 Å². The molecule has 0 amide bonds. The molecule has 0 saturated carbocycles. The van der Waals surface area contributed by atoms with Gasteiger partial charge in [-0.2, -0.15) is 0 Å². The number of benzene rings is 3. The zero-order valence-corrected chi connectivity index (χ0v) is 38.9. The Bertz CT molecular complexity index is 1110. The van der Waals surface area contributed by atoms with Crippen molar-refractivity contribution < 1.29 is 0 Å². The highest BCUT2D eigenvalue weighted by atomic mass is 79.9. The van der Waals surface area contributed by atoms with E-state index in [4.69, 9.17) is 0 Å². The first-order chi connectivity index (χ1) is 15.7. The van der Waals surface area contributed by atoms with Crippen LogP contribution in [-0.2, 0) is 0 Å². The molecule has 3 rings (SSSR count). The van der Waals surface area contributed by atoms with Gasteiger partial charge in [-0.25, -0.2) is 0 Å². The molecule has 0 bridgehead atoms. The van der Waals surface area contributed by atoms with Gasteiger partial charge in [-0.05, 0) is 239 Å². The van der Waals surface area contributed by atoms with E-state index in [1.807, 2.05) is 0 Å². The molecule has 0 N–H and O–H groups in total. The minimum Gasteiger partial charge on any atom is -0.303 e. The lowest BCUT2D eigenvalue weighted by Crippen LogP contribution is -2.16. The summed E-state index contributed by atoms with van der Waals surface area (Å²) in [5.74, 6) is 0.